The summed E-state index contributed by atoms with van der Waals surface area (Å²) < 4.78 is 4.12. The molecule has 1 atom stereocenters. The number of aromatic nitrogens is 2. The van der Waals surface area contributed by atoms with Gasteiger partial charge in [-0.2, -0.15) is 0 Å². The van der Waals surface area contributed by atoms with E-state index < -0.39 is 0 Å². The predicted octanol–water partition coefficient (Wildman–Crippen LogP) is 4.35. The molecule has 0 saturated heterocycles. The lowest BCUT2D eigenvalue weighted by Crippen LogP contribution is -2.24. The first-order chi connectivity index (χ1) is 10.2. The largest absolute Gasteiger partial charge is 0.309 e. The summed E-state index contributed by atoms with van der Waals surface area (Å²) in [5.41, 5.74) is 3.46. The summed E-state index contributed by atoms with van der Waals surface area (Å²) in [6.07, 6.45) is 2.89. The van der Waals surface area contributed by atoms with Crippen LogP contribution in [0.5, 0.6) is 0 Å². The average molecular weight is 324 g/mol. The smallest absolute Gasteiger partial charge is 0.0801 e. The van der Waals surface area contributed by atoms with Gasteiger partial charge in [-0.3, -0.25) is 0 Å². The van der Waals surface area contributed by atoms with E-state index in [-0.39, 0.29) is 6.04 Å². The van der Waals surface area contributed by atoms with Crippen molar-refractivity contribution in [3.05, 3.63) is 44.9 Å². The molecule has 21 heavy (non-hydrogen) atoms. The van der Waals surface area contributed by atoms with Gasteiger partial charge in [0.2, 0.25) is 0 Å². The van der Waals surface area contributed by atoms with Gasteiger partial charge in [-0.1, -0.05) is 42.1 Å². The third-order valence-electron chi connectivity index (χ3n) is 3.51. The van der Waals surface area contributed by atoms with Gasteiger partial charge in [-0.05, 0) is 61.5 Å². The van der Waals surface area contributed by atoms with Crippen LogP contribution in [0.2, 0.25) is 5.02 Å². The van der Waals surface area contributed by atoms with Crippen molar-refractivity contribution in [2.75, 3.05) is 6.54 Å². The molecule has 114 valence electrons. The van der Waals surface area contributed by atoms with E-state index >= 15 is 0 Å². The molecule has 0 saturated carbocycles. The number of hydrogen-bond donors (Lipinski definition) is 1. The van der Waals surface area contributed by atoms with E-state index in [2.05, 4.69) is 47.8 Å². The highest BCUT2D eigenvalue weighted by Gasteiger charge is 2.19. The second-order valence-electron chi connectivity index (χ2n) is 5.24. The van der Waals surface area contributed by atoms with E-state index in [0.29, 0.717) is 0 Å². The Morgan fingerprint density at radius 1 is 1.33 bits per heavy atom. The van der Waals surface area contributed by atoms with E-state index in [1.165, 1.54) is 27.5 Å². The van der Waals surface area contributed by atoms with E-state index in [1.807, 2.05) is 6.07 Å². The third kappa shape index (κ3) is 4.25. The fourth-order valence-corrected chi connectivity index (χ4v) is 3.46. The topological polar surface area (TPSA) is 37.8 Å². The van der Waals surface area contributed by atoms with E-state index in [0.717, 1.165) is 36.5 Å². The summed E-state index contributed by atoms with van der Waals surface area (Å²) in [5, 5.41) is 8.69. The van der Waals surface area contributed by atoms with Crippen LogP contribution in [0.25, 0.3) is 0 Å². The van der Waals surface area contributed by atoms with Crippen LogP contribution < -0.4 is 5.32 Å². The first-order valence-corrected chi connectivity index (χ1v) is 8.60. The standard InChI is InChI=1S/C16H22ClN3S/c1-4-8-18-15(16-14(5-2)19-20-21-16)10-12-7-6-11(3)9-13(12)17/h6-7,9,15,18H,4-5,8,10H2,1-3H3. The van der Waals surface area contributed by atoms with Crippen LogP contribution in [0.1, 0.15) is 48.0 Å². The van der Waals surface area contributed by atoms with Crippen molar-refractivity contribution >= 4 is 23.1 Å². The van der Waals surface area contributed by atoms with E-state index in [4.69, 9.17) is 11.6 Å². The molecule has 0 aliphatic rings. The highest BCUT2D eigenvalue weighted by molar-refractivity contribution is 7.05. The van der Waals surface area contributed by atoms with Crippen LogP contribution in [0, 0.1) is 6.92 Å². The number of benzene rings is 1. The molecular weight excluding hydrogens is 302 g/mol. The van der Waals surface area contributed by atoms with Crippen LogP contribution in [-0.2, 0) is 12.8 Å². The maximum atomic E-state index is 6.39. The molecule has 0 aliphatic carbocycles. The van der Waals surface area contributed by atoms with Gasteiger partial charge in [0.15, 0.2) is 0 Å². The lowest BCUT2D eigenvalue weighted by molar-refractivity contribution is 0.532. The van der Waals surface area contributed by atoms with Crippen molar-refractivity contribution < 1.29 is 0 Å². The Kier molecular flexibility index (Phi) is 6.15. The molecule has 2 aromatic rings. The lowest BCUT2D eigenvalue weighted by Gasteiger charge is -2.18. The fraction of sp³-hybridized carbons (Fsp3) is 0.500. The molecule has 1 N–H and O–H groups in total. The van der Waals surface area contributed by atoms with Gasteiger partial charge in [0, 0.05) is 11.1 Å². The monoisotopic (exact) mass is 323 g/mol. The van der Waals surface area contributed by atoms with Gasteiger partial charge in [0.25, 0.3) is 0 Å². The van der Waals surface area contributed by atoms with Crippen LogP contribution >= 0.6 is 23.1 Å². The summed E-state index contributed by atoms with van der Waals surface area (Å²) in [6, 6.07) is 6.50. The van der Waals surface area contributed by atoms with Crippen LogP contribution in [-0.4, -0.2) is 16.1 Å². The molecular formula is C16H22ClN3S. The highest BCUT2D eigenvalue weighted by Crippen LogP contribution is 2.28. The van der Waals surface area contributed by atoms with Crippen molar-refractivity contribution in [3.63, 3.8) is 0 Å². The Bertz CT molecular complexity index is 583. The number of rotatable bonds is 7. The Morgan fingerprint density at radius 3 is 2.81 bits per heavy atom. The fourth-order valence-electron chi connectivity index (χ4n) is 2.34. The van der Waals surface area contributed by atoms with Gasteiger partial charge in [-0.15, -0.1) is 5.10 Å². The molecule has 0 amide bonds. The normalized spacial score (nSPS) is 12.6. The molecule has 0 aliphatic heterocycles. The van der Waals surface area contributed by atoms with Crippen LogP contribution in [0.4, 0.5) is 0 Å². The van der Waals surface area contributed by atoms with E-state index in [9.17, 15) is 0 Å². The molecule has 0 spiro atoms. The van der Waals surface area contributed by atoms with E-state index in [1.54, 1.807) is 0 Å². The molecule has 1 heterocycles. The Morgan fingerprint density at radius 2 is 2.14 bits per heavy atom. The highest BCUT2D eigenvalue weighted by atomic mass is 35.5. The number of nitrogens with zero attached hydrogens (tertiary/aromatic N) is 2. The molecule has 0 fully saturated rings. The van der Waals surface area contributed by atoms with Crippen molar-refractivity contribution in [2.45, 2.75) is 46.1 Å². The molecule has 1 unspecified atom stereocenters. The quantitative estimate of drug-likeness (QED) is 0.823. The second-order valence-corrected chi connectivity index (χ2v) is 6.44. The molecule has 5 heteroatoms. The van der Waals surface area contributed by atoms with Gasteiger partial charge in [0.1, 0.15) is 0 Å². The van der Waals surface area contributed by atoms with Crippen LogP contribution in [0.15, 0.2) is 18.2 Å². The molecule has 0 radical (unpaired) electrons. The predicted molar refractivity (Wildman–Crippen MR) is 90.2 cm³/mol. The van der Waals surface area contributed by atoms with Gasteiger partial charge in [-0.25, -0.2) is 0 Å². The third-order valence-corrected chi connectivity index (χ3v) is 4.74. The number of aryl methyl sites for hydroxylation is 2. The summed E-state index contributed by atoms with van der Waals surface area (Å²) in [4.78, 5) is 1.24. The SMILES string of the molecule is CCCNC(Cc1ccc(C)cc1Cl)c1snnc1CC. The average Bonchev–Trinajstić information content (AvgIpc) is 2.94. The Balaban J connectivity index is 2.24. The van der Waals surface area contributed by atoms with Gasteiger partial charge in [0.05, 0.1) is 10.6 Å². The maximum Gasteiger partial charge on any atom is 0.0801 e. The minimum atomic E-state index is 0.236. The number of nitrogens with one attached hydrogen (secondary N) is 1. The minimum Gasteiger partial charge on any atom is -0.309 e. The Labute approximate surface area is 135 Å². The molecule has 1 aromatic carbocycles. The lowest BCUT2D eigenvalue weighted by atomic mass is 10.0. The van der Waals surface area contributed by atoms with Crippen molar-refractivity contribution in [3.8, 4) is 0 Å². The Hall–Kier alpha value is -0.970. The first-order valence-electron chi connectivity index (χ1n) is 7.45. The van der Waals surface area contributed by atoms with Crippen LogP contribution in [0.3, 0.4) is 0 Å². The maximum absolute atomic E-state index is 6.39. The van der Waals surface area contributed by atoms with Crippen molar-refractivity contribution in [1.29, 1.82) is 0 Å². The molecule has 0 bridgehead atoms. The summed E-state index contributed by atoms with van der Waals surface area (Å²) in [5.74, 6) is 0. The molecule has 1 aromatic heterocycles. The van der Waals surface area contributed by atoms with Gasteiger partial charge >= 0.3 is 0 Å². The zero-order valence-electron chi connectivity index (χ0n) is 12.8. The second kappa shape index (κ2) is 7.87. The number of hydrogen-bond acceptors (Lipinski definition) is 4. The number of halogens is 1. The minimum absolute atomic E-state index is 0.236. The zero-order chi connectivity index (χ0) is 15.2. The van der Waals surface area contributed by atoms with Crippen molar-refractivity contribution in [2.24, 2.45) is 0 Å². The van der Waals surface area contributed by atoms with Gasteiger partial charge < -0.3 is 5.32 Å². The summed E-state index contributed by atoms with van der Waals surface area (Å²) >= 11 is 7.88. The molecule has 2 rings (SSSR count). The summed E-state index contributed by atoms with van der Waals surface area (Å²) in [6.45, 7) is 7.34. The summed E-state index contributed by atoms with van der Waals surface area (Å²) in [7, 11) is 0. The zero-order valence-corrected chi connectivity index (χ0v) is 14.4. The first kappa shape index (κ1) is 16.4. The van der Waals surface area contributed by atoms with Crippen molar-refractivity contribution in [1.82, 2.24) is 14.9 Å². The molecule has 3 nitrogen and oxygen atoms in total.